The fourth-order valence-electron chi connectivity index (χ4n) is 0.383. The zero-order valence-corrected chi connectivity index (χ0v) is 4.83. The van der Waals surface area contributed by atoms with Gasteiger partial charge in [0.15, 0.2) is 0 Å². The van der Waals surface area contributed by atoms with Gasteiger partial charge in [0.25, 0.3) is 12.9 Å². The Morgan fingerprint density at radius 3 is 1.30 bits per heavy atom. The number of halogens is 5. The molecule has 0 radical (unpaired) electrons. The molecule has 0 bridgehead atoms. The molecule has 0 heterocycles. The van der Waals surface area contributed by atoms with Crippen molar-refractivity contribution in [2.24, 2.45) is 5.92 Å². The smallest absolute Gasteiger partial charge is 0.212 e. The van der Waals surface area contributed by atoms with Crippen LogP contribution in [-0.2, 0) is 0 Å². The molecule has 0 aromatic heterocycles. The van der Waals surface area contributed by atoms with E-state index in [2.05, 4.69) is 6.58 Å². The van der Waals surface area contributed by atoms with E-state index < -0.39 is 24.6 Å². The van der Waals surface area contributed by atoms with Crippen molar-refractivity contribution in [3.05, 3.63) is 12.4 Å². The molecule has 0 aliphatic heterocycles. The maximum absolute atomic E-state index is 11.7. The van der Waals surface area contributed by atoms with E-state index in [1.54, 1.807) is 0 Å². The molecule has 0 nitrogen and oxygen atoms in total. The van der Waals surface area contributed by atoms with Crippen LogP contribution in [0.3, 0.4) is 0 Å². The highest BCUT2D eigenvalue weighted by molar-refractivity contribution is 4.92. The summed E-state index contributed by atoms with van der Waals surface area (Å²) in [4.78, 5) is 0. The third-order valence-corrected chi connectivity index (χ3v) is 0.905. The van der Waals surface area contributed by atoms with Crippen molar-refractivity contribution in [2.45, 2.75) is 12.9 Å². The van der Waals surface area contributed by atoms with Crippen LogP contribution in [-0.4, -0.2) is 12.9 Å². The van der Waals surface area contributed by atoms with Gasteiger partial charge in [0.05, 0.1) is 0 Å². The average molecular weight is 160 g/mol. The Hall–Kier alpha value is -0.610. The van der Waals surface area contributed by atoms with E-state index in [4.69, 9.17) is 0 Å². The van der Waals surface area contributed by atoms with E-state index in [1.807, 2.05) is 0 Å². The molecule has 0 saturated carbocycles. The van der Waals surface area contributed by atoms with Crippen LogP contribution in [0.2, 0.25) is 0 Å². The van der Waals surface area contributed by atoms with Crippen LogP contribution >= 0.6 is 0 Å². The molecule has 0 amide bonds. The Bertz CT molecular complexity index is 111. The molecule has 0 rings (SSSR count). The maximum Gasteiger partial charge on any atom is 0.253 e. The zero-order chi connectivity index (χ0) is 8.31. The van der Waals surface area contributed by atoms with E-state index in [0.717, 1.165) is 0 Å². The SMILES string of the molecule is C=C(F)C(C(F)F)C(F)F. The Labute approximate surface area is 54.3 Å². The van der Waals surface area contributed by atoms with E-state index in [1.165, 1.54) is 0 Å². The minimum Gasteiger partial charge on any atom is -0.212 e. The molecule has 0 aromatic rings. The largest absolute Gasteiger partial charge is 0.253 e. The average Bonchev–Trinajstić information content (AvgIpc) is 1.59. The molecule has 0 aliphatic rings. The van der Waals surface area contributed by atoms with E-state index >= 15 is 0 Å². The van der Waals surface area contributed by atoms with Gasteiger partial charge in [-0.25, -0.2) is 22.0 Å². The first kappa shape index (κ1) is 9.39. The van der Waals surface area contributed by atoms with E-state index in [9.17, 15) is 22.0 Å². The topological polar surface area (TPSA) is 0 Å². The number of allylic oxidation sites excluding steroid dienone is 1. The normalized spacial score (nSPS) is 11.6. The summed E-state index contributed by atoms with van der Waals surface area (Å²) >= 11 is 0. The monoisotopic (exact) mass is 160 g/mol. The first-order valence-electron chi connectivity index (χ1n) is 2.37. The van der Waals surface area contributed by atoms with Crippen LogP contribution in [0.1, 0.15) is 0 Å². The van der Waals surface area contributed by atoms with Gasteiger partial charge in [0.2, 0.25) is 0 Å². The zero-order valence-electron chi connectivity index (χ0n) is 4.83. The van der Waals surface area contributed by atoms with Crippen LogP contribution < -0.4 is 0 Å². The summed E-state index contributed by atoms with van der Waals surface area (Å²) in [5.74, 6) is -4.31. The van der Waals surface area contributed by atoms with Crippen molar-refractivity contribution in [1.29, 1.82) is 0 Å². The minimum atomic E-state index is -3.39. The Morgan fingerprint density at radius 1 is 1.00 bits per heavy atom. The van der Waals surface area contributed by atoms with Crippen LogP contribution in [0.5, 0.6) is 0 Å². The lowest BCUT2D eigenvalue weighted by Crippen LogP contribution is -2.20. The van der Waals surface area contributed by atoms with Crippen molar-refractivity contribution in [3.8, 4) is 0 Å². The summed E-state index contributed by atoms with van der Waals surface area (Å²) in [6.07, 6.45) is -6.78. The molecule has 0 unspecified atom stereocenters. The molecule has 60 valence electrons. The Kier molecular flexibility index (Phi) is 3.32. The van der Waals surface area contributed by atoms with Gasteiger partial charge in [-0.3, -0.25) is 0 Å². The number of hydrogen-bond acceptors (Lipinski definition) is 0. The summed E-state index contributed by atoms with van der Waals surface area (Å²) in [6, 6.07) is 0. The minimum absolute atomic E-state index is 1.68. The molecule has 5 heteroatoms. The lowest BCUT2D eigenvalue weighted by atomic mass is 10.1. The summed E-state index contributed by atoms with van der Waals surface area (Å²) < 4.78 is 57.4. The Morgan fingerprint density at radius 2 is 1.30 bits per heavy atom. The first-order chi connectivity index (χ1) is 4.46. The second kappa shape index (κ2) is 3.53. The van der Waals surface area contributed by atoms with E-state index in [-0.39, 0.29) is 0 Å². The van der Waals surface area contributed by atoms with Crippen molar-refractivity contribution in [1.82, 2.24) is 0 Å². The van der Waals surface area contributed by atoms with Gasteiger partial charge >= 0.3 is 0 Å². The highest BCUT2D eigenvalue weighted by Crippen LogP contribution is 2.25. The van der Waals surface area contributed by atoms with Gasteiger partial charge in [-0.15, -0.1) is 0 Å². The van der Waals surface area contributed by atoms with Crippen molar-refractivity contribution in [3.63, 3.8) is 0 Å². The maximum atomic E-state index is 11.7. The summed E-state index contributed by atoms with van der Waals surface area (Å²) in [5, 5.41) is 0. The van der Waals surface area contributed by atoms with Crippen LogP contribution in [0, 0.1) is 5.92 Å². The van der Waals surface area contributed by atoms with Crippen LogP contribution in [0.25, 0.3) is 0 Å². The first-order valence-corrected chi connectivity index (χ1v) is 2.37. The highest BCUT2D eigenvalue weighted by atomic mass is 19.3. The van der Waals surface area contributed by atoms with Gasteiger partial charge in [-0.05, 0) is 0 Å². The molecular formula is C5H5F5. The molecule has 0 saturated heterocycles. The quantitative estimate of drug-likeness (QED) is 0.556. The van der Waals surface area contributed by atoms with Crippen LogP contribution in [0.15, 0.2) is 12.4 Å². The molecule has 0 atom stereocenters. The van der Waals surface area contributed by atoms with Gasteiger partial charge in [-0.1, -0.05) is 6.58 Å². The lowest BCUT2D eigenvalue weighted by molar-refractivity contribution is -0.0168. The predicted octanol–water partition coefficient (Wildman–Crippen LogP) is 2.62. The molecule has 0 aromatic carbocycles. The third kappa shape index (κ3) is 2.33. The van der Waals surface area contributed by atoms with Crippen molar-refractivity contribution in [2.75, 3.05) is 0 Å². The number of hydrogen-bond donors (Lipinski definition) is 0. The fraction of sp³-hybridized carbons (Fsp3) is 0.600. The predicted molar refractivity (Wildman–Crippen MR) is 25.7 cm³/mol. The van der Waals surface area contributed by atoms with E-state index in [0.29, 0.717) is 0 Å². The second-order valence-electron chi connectivity index (χ2n) is 1.64. The van der Waals surface area contributed by atoms with Gasteiger partial charge in [0.1, 0.15) is 11.7 Å². The second-order valence-corrected chi connectivity index (χ2v) is 1.64. The fourth-order valence-corrected chi connectivity index (χ4v) is 0.383. The number of rotatable bonds is 3. The molecule has 0 N–H and O–H groups in total. The number of alkyl halides is 4. The van der Waals surface area contributed by atoms with Gasteiger partial charge in [-0.2, -0.15) is 0 Å². The van der Waals surface area contributed by atoms with Crippen molar-refractivity contribution < 1.29 is 22.0 Å². The molecular weight excluding hydrogens is 155 g/mol. The Balaban J connectivity index is 4.12. The summed E-state index contributed by atoms with van der Waals surface area (Å²) in [5.41, 5.74) is 0. The summed E-state index contributed by atoms with van der Waals surface area (Å²) in [7, 11) is 0. The molecule has 10 heavy (non-hydrogen) atoms. The van der Waals surface area contributed by atoms with Crippen LogP contribution in [0.4, 0.5) is 22.0 Å². The molecule has 0 aliphatic carbocycles. The lowest BCUT2D eigenvalue weighted by Gasteiger charge is -2.10. The van der Waals surface area contributed by atoms with Gasteiger partial charge < -0.3 is 0 Å². The molecule has 0 spiro atoms. The summed E-state index contributed by atoms with van der Waals surface area (Å²) in [6.45, 7) is 2.37. The standard InChI is InChI=1S/C5H5F5/c1-2(6)3(4(7)8)5(9)10/h3-5H,1H2. The highest BCUT2D eigenvalue weighted by Gasteiger charge is 2.32. The van der Waals surface area contributed by atoms with Gasteiger partial charge in [0, 0.05) is 0 Å². The third-order valence-electron chi connectivity index (χ3n) is 0.905. The molecule has 0 fully saturated rings. The van der Waals surface area contributed by atoms with Crippen molar-refractivity contribution >= 4 is 0 Å².